The smallest absolute Gasteiger partial charge is 0.231 e. The molecule has 0 amide bonds. The van der Waals surface area contributed by atoms with Gasteiger partial charge in [0.2, 0.25) is 6.79 Å². The molecule has 21 heavy (non-hydrogen) atoms. The van der Waals surface area contributed by atoms with Crippen LogP contribution in [-0.2, 0) is 6.54 Å². The van der Waals surface area contributed by atoms with Crippen molar-refractivity contribution >= 4 is 38.9 Å². The number of anilines is 1. The average Bonchev–Trinajstić information content (AvgIpc) is 2.95. The fourth-order valence-electron chi connectivity index (χ4n) is 1.94. The van der Waals surface area contributed by atoms with Crippen molar-refractivity contribution < 1.29 is 9.47 Å². The van der Waals surface area contributed by atoms with Gasteiger partial charge in [0.1, 0.15) is 0 Å². The van der Waals surface area contributed by atoms with Crippen LogP contribution >= 0.6 is 28.1 Å². The molecule has 0 radical (unpaired) electrons. The second kappa shape index (κ2) is 6.32. The van der Waals surface area contributed by atoms with Gasteiger partial charge in [0.25, 0.3) is 0 Å². The molecule has 0 atom stereocenters. The number of fused-ring (bicyclic) bond motifs is 1. The Morgan fingerprint density at radius 2 is 1.86 bits per heavy atom. The monoisotopic (exact) mass is 364 g/mol. The van der Waals surface area contributed by atoms with Gasteiger partial charge in [-0.25, -0.2) is 0 Å². The Labute approximate surface area is 136 Å². The van der Waals surface area contributed by atoms with Crippen LogP contribution in [0.15, 0.2) is 46.9 Å². The first-order valence-corrected chi connectivity index (χ1v) is 7.60. The van der Waals surface area contributed by atoms with Gasteiger partial charge in [-0.3, -0.25) is 0 Å². The zero-order valence-corrected chi connectivity index (χ0v) is 13.5. The van der Waals surface area contributed by atoms with Crippen LogP contribution in [0.5, 0.6) is 11.5 Å². The quantitative estimate of drug-likeness (QED) is 0.813. The van der Waals surface area contributed by atoms with Crippen LogP contribution in [0.2, 0.25) is 0 Å². The molecule has 4 nitrogen and oxygen atoms in total. The zero-order chi connectivity index (χ0) is 14.7. The van der Waals surface area contributed by atoms with E-state index in [9.17, 15) is 0 Å². The molecule has 1 heterocycles. The molecular weight excluding hydrogens is 352 g/mol. The summed E-state index contributed by atoms with van der Waals surface area (Å²) in [6, 6.07) is 13.7. The molecule has 2 aromatic carbocycles. The average molecular weight is 365 g/mol. The Hall–Kier alpha value is -1.79. The molecule has 0 aromatic heterocycles. The van der Waals surface area contributed by atoms with E-state index < -0.39 is 0 Å². The van der Waals surface area contributed by atoms with E-state index in [0.29, 0.717) is 11.7 Å². The highest BCUT2D eigenvalue weighted by Crippen LogP contribution is 2.32. The summed E-state index contributed by atoms with van der Waals surface area (Å²) in [5, 5.41) is 6.88. The van der Waals surface area contributed by atoms with Gasteiger partial charge in [0.15, 0.2) is 16.6 Å². The molecule has 1 aliphatic rings. The summed E-state index contributed by atoms with van der Waals surface area (Å²) in [5.41, 5.74) is 2.03. The summed E-state index contributed by atoms with van der Waals surface area (Å²) in [6.07, 6.45) is 0. The van der Waals surface area contributed by atoms with Crippen molar-refractivity contribution in [2.45, 2.75) is 6.54 Å². The molecule has 0 saturated heterocycles. The molecule has 0 spiro atoms. The van der Waals surface area contributed by atoms with Crippen molar-refractivity contribution in [3.8, 4) is 11.5 Å². The van der Waals surface area contributed by atoms with E-state index in [0.717, 1.165) is 27.2 Å². The molecule has 0 unspecified atom stereocenters. The Kier molecular flexibility index (Phi) is 4.26. The van der Waals surface area contributed by atoms with Crippen LogP contribution < -0.4 is 20.1 Å². The normalized spacial score (nSPS) is 12.0. The topological polar surface area (TPSA) is 42.5 Å². The largest absolute Gasteiger partial charge is 0.454 e. The maximum atomic E-state index is 5.35. The van der Waals surface area contributed by atoms with Crippen molar-refractivity contribution in [1.82, 2.24) is 5.32 Å². The van der Waals surface area contributed by atoms with E-state index >= 15 is 0 Å². The highest BCUT2D eigenvalue weighted by atomic mass is 79.9. The molecule has 2 aromatic rings. The van der Waals surface area contributed by atoms with Gasteiger partial charge in [0.05, 0.1) is 0 Å². The summed E-state index contributed by atoms with van der Waals surface area (Å²) in [7, 11) is 0. The van der Waals surface area contributed by atoms with Gasteiger partial charge in [0, 0.05) is 16.7 Å². The van der Waals surface area contributed by atoms with Gasteiger partial charge < -0.3 is 20.1 Å². The SMILES string of the molecule is S=C(NCc1ccc2c(c1)OCO2)Nc1ccc(Br)cc1. The molecule has 2 N–H and O–H groups in total. The molecule has 6 heteroatoms. The first-order valence-electron chi connectivity index (χ1n) is 6.40. The number of benzene rings is 2. The number of hydrogen-bond acceptors (Lipinski definition) is 3. The number of hydrogen-bond donors (Lipinski definition) is 2. The summed E-state index contributed by atoms with van der Waals surface area (Å²) < 4.78 is 11.7. The highest BCUT2D eigenvalue weighted by molar-refractivity contribution is 9.10. The van der Waals surface area contributed by atoms with E-state index in [1.165, 1.54) is 0 Å². The maximum Gasteiger partial charge on any atom is 0.231 e. The molecule has 0 fully saturated rings. The van der Waals surface area contributed by atoms with Crippen molar-refractivity contribution in [2.24, 2.45) is 0 Å². The number of nitrogens with one attached hydrogen (secondary N) is 2. The minimum absolute atomic E-state index is 0.287. The van der Waals surface area contributed by atoms with E-state index in [1.807, 2.05) is 42.5 Å². The third kappa shape index (κ3) is 3.65. The fraction of sp³-hybridized carbons (Fsp3) is 0.133. The second-order valence-corrected chi connectivity index (χ2v) is 5.83. The molecule has 0 aliphatic carbocycles. The lowest BCUT2D eigenvalue weighted by Crippen LogP contribution is -2.27. The Morgan fingerprint density at radius 3 is 2.67 bits per heavy atom. The standard InChI is InChI=1S/C15H13BrN2O2S/c16-11-2-4-12(5-3-11)18-15(21)17-8-10-1-6-13-14(7-10)20-9-19-13/h1-7H,8-9H2,(H2,17,18,21). The first kappa shape index (κ1) is 14.2. The molecule has 108 valence electrons. The summed E-state index contributed by atoms with van der Waals surface area (Å²) in [4.78, 5) is 0. The Bertz CT molecular complexity index is 661. The van der Waals surface area contributed by atoms with Gasteiger partial charge >= 0.3 is 0 Å². The van der Waals surface area contributed by atoms with Crippen molar-refractivity contribution in [3.63, 3.8) is 0 Å². The Balaban J connectivity index is 1.55. The third-order valence-electron chi connectivity index (χ3n) is 2.99. The molecule has 0 saturated carbocycles. The molecule has 0 bridgehead atoms. The third-order valence-corrected chi connectivity index (χ3v) is 3.77. The minimum Gasteiger partial charge on any atom is -0.454 e. The zero-order valence-electron chi connectivity index (χ0n) is 11.1. The van der Waals surface area contributed by atoms with Crippen LogP contribution in [0, 0.1) is 0 Å². The van der Waals surface area contributed by atoms with Crippen molar-refractivity contribution in [3.05, 3.63) is 52.5 Å². The van der Waals surface area contributed by atoms with E-state index in [2.05, 4.69) is 26.6 Å². The lowest BCUT2D eigenvalue weighted by atomic mass is 10.2. The molecular formula is C15H13BrN2O2S. The molecule has 3 rings (SSSR count). The van der Waals surface area contributed by atoms with Crippen LogP contribution in [0.25, 0.3) is 0 Å². The van der Waals surface area contributed by atoms with Gasteiger partial charge in [-0.2, -0.15) is 0 Å². The second-order valence-electron chi connectivity index (χ2n) is 4.50. The van der Waals surface area contributed by atoms with Gasteiger partial charge in [-0.15, -0.1) is 0 Å². The number of ether oxygens (including phenoxy) is 2. The number of rotatable bonds is 3. The maximum absolute atomic E-state index is 5.35. The lowest BCUT2D eigenvalue weighted by molar-refractivity contribution is 0.174. The molecule has 1 aliphatic heterocycles. The van der Waals surface area contributed by atoms with Gasteiger partial charge in [-0.1, -0.05) is 22.0 Å². The van der Waals surface area contributed by atoms with Crippen LogP contribution in [0.4, 0.5) is 5.69 Å². The summed E-state index contributed by atoms with van der Waals surface area (Å²) >= 11 is 8.68. The van der Waals surface area contributed by atoms with Crippen molar-refractivity contribution in [2.75, 3.05) is 12.1 Å². The van der Waals surface area contributed by atoms with E-state index in [-0.39, 0.29) is 6.79 Å². The van der Waals surface area contributed by atoms with Gasteiger partial charge in [-0.05, 0) is 54.2 Å². The predicted molar refractivity (Wildman–Crippen MR) is 89.8 cm³/mol. The minimum atomic E-state index is 0.287. The number of thiocarbonyl (C=S) groups is 1. The van der Waals surface area contributed by atoms with Crippen molar-refractivity contribution in [1.29, 1.82) is 0 Å². The summed E-state index contributed by atoms with van der Waals surface area (Å²) in [6.45, 7) is 0.911. The fourth-order valence-corrected chi connectivity index (χ4v) is 2.40. The Morgan fingerprint density at radius 1 is 1.10 bits per heavy atom. The van der Waals surface area contributed by atoms with Crippen LogP contribution in [0.3, 0.4) is 0 Å². The van der Waals surface area contributed by atoms with Crippen LogP contribution in [-0.4, -0.2) is 11.9 Å². The summed E-state index contributed by atoms with van der Waals surface area (Å²) in [5.74, 6) is 1.57. The number of halogens is 1. The predicted octanol–water partition coefficient (Wildman–Crippen LogP) is 3.66. The van der Waals surface area contributed by atoms with E-state index in [1.54, 1.807) is 0 Å². The van der Waals surface area contributed by atoms with Crippen LogP contribution in [0.1, 0.15) is 5.56 Å². The first-order chi connectivity index (χ1) is 10.2. The highest BCUT2D eigenvalue weighted by Gasteiger charge is 2.13. The lowest BCUT2D eigenvalue weighted by Gasteiger charge is -2.11. The van der Waals surface area contributed by atoms with E-state index in [4.69, 9.17) is 21.7 Å².